The third kappa shape index (κ3) is 3.20. The van der Waals surface area contributed by atoms with Gasteiger partial charge in [0.05, 0.1) is 5.71 Å². The van der Waals surface area contributed by atoms with Gasteiger partial charge in [-0.2, -0.15) is 0 Å². The van der Waals surface area contributed by atoms with Crippen molar-refractivity contribution in [2.45, 2.75) is 19.8 Å². The van der Waals surface area contributed by atoms with E-state index in [1.807, 2.05) is 0 Å². The zero-order chi connectivity index (χ0) is 14.5. The minimum absolute atomic E-state index is 0.0359. The Hall–Kier alpha value is -2.24. The summed E-state index contributed by atoms with van der Waals surface area (Å²) in [5.41, 5.74) is 0.730. The summed E-state index contributed by atoms with van der Waals surface area (Å²) in [5, 5.41) is 21.5. The van der Waals surface area contributed by atoms with Crippen molar-refractivity contribution in [1.29, 1.82) is 0 Å². The summed E-state index contributed by atoms with van der Waals surface area (Å²) in [5.74, 6) is 0.315. The molecule has 0 saturated carbocycles. The number of carbonyl (C=O) groups is 1. The van der Waals surface area contributed by atoms with Crippen molar-refractivity contribution >= 4 is 11.6 Å². The Morgan fingerprint density at radius 1 is 1.40 bits per heavy atom. The molecule has 0 unspecified atom stereocenters. The van der Waals surface area contributed by atoms with Crippen LogP contribution in [-0.2, 0) is 4.79 Å². The Labute approximate surface area is 117 Å². The van der Waals surface area contributed by atoms with Gasteiger partial charge in [-0.1, -0.05) is 5.16 Å². The lowest BCUT2D eigenvalue weighted by atomic mass is 10.1. The van der Waals surface area contributed by atoms with Crippen molar-refractivity contribution in [3.8, 4) is 11.5 Å². The Balaban J connectivity index is 1.96. The zero-order valence-corrected chi connectivity index (χ0v) is 11.4. The molecule has 6 heteroatoms. The van der Waals surface area contributed by atoms with Gasteiger partial charge in [0.25, 0.3) is 5.91 Å². The highest BCUT2D eigenvalue weighted by Crippen LogP contribution is 2.24. The van der Waals surface area contributed by atoms with Crippen LogP contribution in [-0.4, -0.2) is 46.5 Å². The minimum atomic E-state index is -0.0496. The van der Waals surface area contributed by atoms with Crippen molar-refractivity contribution < 1.29 is 19.8 Å². The SMILES string of the molecule is C/C(=N\O)c1ccc(OCC(=O)N2CCCC2)cc1O. The normalized spacial score (nSPS) is 15.4. The molecule has 1 fully saturated rings. The molecule has 108 valence electrons. The van der Waals surface area contributed by atoms with Crippen LogP contribution in [0.4, 0.5) is 0 Å². The van der Waals surface area contributed by atoms with E-state index < -0.39 is 0 Å². The summed E-state index contributed by atoms with van der Waals surface area (Å²) in [6.45, 7) is 3.12. The van der Waals surface area contributed by atoms with Gasteiger partial charge in [0, 0.05) is 24.7 Å². The molecule has 1 aromatic carbocycles. The molecule has 1 saturated heterocycles. The van der Waals surface area contributed by atoms with Gasteiger partial charge in [-0.25, -0.2) is 0 Å². The molecule has 2 N–H and O–H groups in total. The van der Waals surface area contributed by atoms with Gasteiger partial charge >= 0.3 is 0 Å². The van der Waals surface area contributed by atoms with E-state index in [0.29, 0.717) is 17.0 Å². The predicted octanol–water partition coefficient (Wildman–Crippen LogP) is 1.59. The van der Waals surface area contributed by atoms with Crippen molar-refractivity contribution in [3.63, 3.8) is 0 Å². The number of phenols is 1. The first kappa shape index (κ1) is 14.2. The lowest BCUT2D eigenvalue weighted by Crippen LogP contribution is -2.32. The monoisotopic (exact) mass is 278 g/mol. The maximum Gasteiger partial charge on any atom is 0.260 e. The standard InChI is InChI=1S/C14H18N2O4/c1-10(15-19)12-5-4-11(8-13(12)17)20-9-14(18)16-6-2-3-7-16/h4-5,8,17,19H,2-3,6-7,9H2,1H3/b15-10+. The van der Waals surface area contributed by atoms with Crippen LogP contribution >= 0.6 is 0 Å². The molecular formula is C14H18N2O4. The Kier molecular flexibility index (Phi) is 4.45. The van der Waals surface area contributed by atoms with Crippen molar-refractivity contribution in [2.24, 2.45) is 5.16 Å². The van der Waals surface area contributed by atoms with E-state index in [1.54, 1.807) is 24.0 Å². The molecule has 20 heavy (non-hydrogen) atoms. The number of rotatable bonds is 4. The smallest absolute Gasteiger partial charge is 0.260 e. The number of hydrogen-bond acceptors (Lipinski definition) is 5. The summed E-state index contributed by atoms with van der Waals surface area (Å²) < 4.78 is 5.38. The van der Waals surface area contributed by atoms with Gasteiger partial charge in [-0.3, -0.25) is 4.79 Å². The summed E-state index contributed by atoms with van der Waals surface area (Å²) in [6.07, 6.45) is 2.09. The van der Waals surface area contributed by atoms with Crippen LogP contribution in [0.15, 0.2) is 23.4 Å². The maximum absolute atomic E-state index is 11.8. The van der Waals surface area contributed by atoms with Crippen LogP contribution in [0.1, 0.15) is 25.3 Å². The van der Waals surface area contributed by atoms with E-state index in [2.05, 4.69) is 5.16 Å². The first-order valence-corrected chi connectivity index (χ1v) is 6.54. The molecule has 0 radical (unpaired) electrons. The van der Waals surface area contributed by atoms with Gasteiger partial charge in [0.2, 0.25) is 0 Å². The lowest BCUT2D eigenvalue weighted by Gasteiger charge is -2.15. The van der Waals surface area contributed by atoms with Gasteiger partial charge in [-0.15, -0.1) is 0 Å². The average Bonchev–Trinajstić information content (AvgIpc) is 2.98. The molecule has 0 aromatic heterocycles. The molecule has 0 bridgehead atoms. The summed E-state index contributed by atoms with van der Waals surface area (Å²) in [6, 6.07) is 4.61. The Morgan fingerprint density at radius 3 is 2.70 bits per heavy atom. The zero-order valence-electron chi connectivity index (χ0n) is 11.4. The molecule has 0 spiro atoms. The molecule has 1 aliphatic rings. The number of oxime groups is 1. The fourth-order valence-electron chi connectivity index (χ4n) is 2.16. The molecule has 2 rings (SSSR count). The number of amides is 1. The van der Waals surface area contributed by atoms with E-state index in [-0.39, 0.29) is 18.3 Å². The number of nitrogens with zero attached hydrogens (tertiary/aromatic N) is 2. The largest absolute Gasteiger partial charge is 0.507 e. The van der Waals surface area contributed by atoms with Gasteiger partial charge in [0.1, 0.15) is 11.5 Å². The van der Waals surface area contributed by atoms with Crippen molar-refractivity contribution in [2.75, 3.05) is 19.7 Å². The van der Waals surface area contributed by atoms with E-state index >= 15 is 0 Å². The van der Waals surface area contributed by atoms with Crippen molar-refractivity contribution in [1.82, 2.24) is 4.90 Å². The van der Waals surface area contributed by atoms with Gasteiger partial charge in [0.15, 0.2) is 6.61 Å². The molecule has 6 nitrogen and oxygen atoms in total. The number of benzene rings is 1. The third-order valence-corrected chi connectivity index (χ3v) is 3.33. The number of phenolic OH excluding ortho intramolecular Hbond substituents is 1. The Morgan fingerprint density at radius 2 is 2.10 bits per heavy atom. The molecule has 1 heterocycles. The fourth-order valence-corrected chi connectivity index (χ4v) is 2.16. The fraction of sp³-hybridized carbons (Fsp3) is 0.429. The van der Waals surface area contributed by atoms with Gasteiger partial charge in [-0.05, 0) is 31.9 Å². The highest BCUT2D eigenvalue weighted by atomic mass is 16.5. The summed E-state index contributed by atoms with van der Waals surface area (Å²) in [4.78, 5) is 13.6. The van der Waals surface area contributed by atoms with E-state index in [0.717, 1.165) is 25.9 Å². The second-order valence-corrected chi connectivity index (χ2v) is 4.74. The van der Waals surface area contributed by atoms with Crippen LogP contribution in [0.3, 0.4) is 0 Å². The number of likely N-dealkylation sites (tertiary alicyclic amines) is 1. The highest BCUT2D eigenvalue weighted by molar-refractivity contribution is 6.00. The van der Waals surface area contributed by atoms with Crippen LogP contribution in [0.2, 0.25) is 0 Å². The van der Waals surface area contributed by atoms with E-state index in [1.165, 1.54) is 6.07 Å². The second kappa shape index (κ2) is 6.27. The number of hydrogen-bond donors (Lipinski definition) is 2. The van der Waals surface area contributed by atoms with Crippen LogP contribution in [0, 0.1) is 0 Å². The molecular weight excluding hydrogens is 260 g/mol. The number of carbonyl (C=O) groups excluding carboxylic acids is 1. The Bertz CT molecular complexity index is 522. The summed E-state index contributed by atoms with van der Waals surface area (Å²) >= 11 is 0. The quantitative estimate of drug-likeness (QED) is 0.498. The highest BCUT2D eigenvalue weighted by Gasteiger charge is 2.18. The lowest BCUT2D eigenvalue weighted by molar-refractivity contribution is -0.132. The molecule has 1 aromatic rings. The van der Waals surface area contributed by atoms with Crippen molar-refractivity contribution in [3.05, 3.63) is 23.8 Å². The molecule has 1 aliphatic heterocycles. The third-order valence-electron chi connectivity index (χ3n) is 3.33. The van der Waals surface area contributed by atoms with Crippen LogP contribution < -0.4 is 4.74 Å². The number of aromatic hydroxyl groups is 1. The second-order valence-electron chi connectivity index (χ2n) is 4.74. The first-order chi connectivity index (χ1) is 9.61. The van der Waals surface area contributed by atoms with Gasteiger partial charge < -0.3 is 20.0 Å². The first-order valence-electron chi connectivity index (χ1n) is 6.54. The predicted molar refractivity (Wildman–Crippen MR) is 73.4 cm³/mol. The summed E-state index contributed by atoms with van der Waals surface area (Å²) in [7, 11) is 0. The number of ether oxygens (including phenoxy) is 1. The molecule has 0 atom stereocenters. The average molecular weight is 278 g/mol. The van der Waals surface area contributed by atoms with Crippen LogP contribution in [0.25, 0.3) is 0 Å². The topological polar surface area (TPSA) is 82.4 Å². The van der Waals surface area contributed by atoms with Crippen LogP contribution in [0.5, 0.6) is 11.5 Å². The maximum atomic E-state index is 11.8. The minimum Gasteiger partial charge on any atom is -0.507 e. The molecule has 1 amide bonds. The van der Waals surface area contributed by atoms with E-state index in [4.69, 9.17) is 9.94 Å². The molecule has 0 aliphatic carbocycles. The van der Waals surface area contributed by atoms with E-state index in [9.17, 15) is 9.90 Å².